The van der Waals surface area contributed by atoms with Gasteiger partial charge in [0.05, 0.1) is 6.04 Å². The zero-order valence-corrected chi connectivity index (χ0v) is 16.2. The highest BCUT2D eigenvalue weighted by molar-refractivity contribution is 5.74. The SMILES string of the molecule is O=C(NCc1ccnc(-n2cccn2)c1)N1CCCN2c3ccccc3CC2C1. The molecule has 148 valence electrons. The molecule has 7 nitrogen and oxygen atoms in total. The van der Waals surface area contributed by atoms with E-state index in [0.717, 1.165) is 43.9 Å². The van der Waals surface area contributed by atoms with Crippen LogP contribution in [0.4, 0.5) is 10.5 Å². The molecule has 2 aromatic heterocycles. The molecule has 29 heavy (non-hydrogen) atoms. The number of nitrogens with one attached hydrogen (secondary N) is 1. The standard InChI is InChI=1S/C22H24N6O/c29-22(24-15-17-7-9-23-21(13-17)28-12-3-8-25-28)26-10-4-11-27-19(16-26)14-18-5-1-2-6-20(18)27/h1-3,5-9,12-13,19H,4,10-11,14-16H2,(H,24,29). The molecule has 2 aliphatic heterocycles. The van der Waals surface area contributed by atoms with Gasteiger partial charge in [0.2, 0.25) is 0 Å². The van der Waals surface area contributed by atoms with Crippen molar-refractivity contribution in [1.29, 1.82) is 0 Å². The number of nitrogens with zero attached hydrogens (tertiary/aromatic N) is 5. The van der Waals surface area contributed by atoms with Crippen LogP contribution >= 0.6 is 0 Å². The Morgan fingerprint density at radius 2 is 2.07 bits per heavy atom. The second kappa shape index (κ2) is 7.58. The molecule has 4 heterocycles. The van der Waals surface area contributed by atoms with E-state index in [1.54, 1.807) is 17.1 Å². The lowest BCUT2D eigenvalue weighted by Crippen LogP contribution is -2.45. The number of amides is 2. The van der Waals surface area contributed by atoms with Crippen LogP contribution in [0.15, 0.2) is 61.1 Å². The summed E-state index contributed by atoms with van der Waals surface area (Å²) in [7, 11) is 0. The number of benzene rings is 1. The molecule has 1 N–H and O–H groups in total. The molecule has 1 unspecified atom stereocenters. The zero-order valence-electron chi connectivity index (χ0n) is 16.2. The van der Waals surface area contributed by atoms with Gasteiger partial charge in [-0.05, 0) is 48.2 Å². The average molecular weight is 388 g/mol. The van der Waals surface area contributed by atoms with E-state index in [0.29, 0.717) is 12.6 Å². The Morgan fingerprint density at radius 1 is 1.14 bits per heavy atom. The fourth-order valence-corrected chi connectivity index (χ4v) is 4.34. The van der Waals surface area contributed by atoms with E-state index < -0.39 is 0 Å². The van der Waals surface area contributed by atoms with Gasteiger partial charge in [0, 0.05) is 50.5 Å². The summed E-state index contributed by atoms with van der Waals surface area (Å²) in [6.07, 6.45) is 7.32. The smallest absolute Gasteiger partial charge is 0.317 e. The Labute approximate surface area is 170 Å². The molecule has 0 saturated carbocycles. The van der Waals surface area contributed by atoms with Gasteiger partial charge >= 0.3 is 6.03 Å². The maximum Gasteiger partial charge on any atom is 0.317 e. The summed E-state index contributed by atoms with van der Waals surface area (Å²) in [5, 5.41) is 7.29. The minimum atomic E-state index is 0.000238. The molecule has 2 amide bonds. The first-order chi connectivity index (χ1) is 14.3. The summed E-state index contributed by atoms with van der Waals surface area (Å²) in [5.74, 6) is 0.746. The van der Waals surface area contributed by atoms with Crippen LogP contribution in [0.3, 0.4) is 0 Å². The van der Waals surface area contributed by atoms with E-state index in [-0.39, 0.29) is 6.03 Å². The molecule has 1 saturated heterocycles. The van der Waals surface area contributed by atoms with Crippen molar-refractivity contribution < 1.29 is 4.79 Å². The summed E-state index contributed by atoms with van der Waals surface area (Å²) in [6, 6.07) is 14.7. The minimum Gasteiger partial charge on any atom is -0.366 e. The number of pyridine rings is 1. The lowest BCUT2D eigenvalue weighted by molar-refractivity contribution is 0.197. The fourth-order valence-electron chi connectivity index (χ4n) is 4.34. The van der Waals surface area contributed by atoms with Crippen LogP contribution < -0.4 is 10.2 Å². The third kappa shape index (κ3) is 3.55. The molecular weight excluding hydrogens is 364 g/mol. The number of fused-ring (bicyclic) bond motifs is 3. The van der Waals surface area contributed by atoms with Gasteiger partial charge in [-0.2, -0.15) is 5.10 Å². The number of anilines is 1. The Kier molecular flexibility index (Phi) is 4.63. The van der Waals surface area contributed by atoms with Gasteiger partial charge in [-0.25, -0.2) is 14.5 Å². The minimum absolute atomic E-state index is 0.000238. The van der Waals surface area contributed by atoms with Crippen LogP contribution in [-0.4, -0.2) is 51.4 Å². The molecule has 1 fully saturated rings. The van der Waals surface area contributed by atoms with Gasteiger partial charge < -0.3 is 15.1 Å². The molecule has 1 atom stereocenters. The Hall–Kier alpha value is -3.35. The number of carbonyl (C=O) groups excluding carboxylic acids is 1. The summed E-state index contributed by atoms with van der Waals surface area (Å²) in [4.78, 5) is 21.6. The van der Waals surface area contributed by atoms with Gasteiger partial charge in [-0.15, -0.1) is 0 Å². The zero-order chi connectivity index (χ0) is 19.6. The van der Waals surface area contributed by atoms with Crippen molar-refractivity contribution in [2.24, 2.45) is 0 Å². The maximum atomic E-state index is 12.9. The van der Waals surface area contributed by atoms with Crippen molar-refractivity contribution in [2.75, 3.05) is 24.5 Å². The van der Waals surface area contributed by atoms with Crippen LogP contribution in [0.5, 0.6) is 0 Å². The molecular formula is C22H24N6O. The van der Waals surface area contributed by atoms with Crippen molar-refractivity contribution in [3.05, 3.63) is 72.2 Å². The molecule has 0 spiro atoms. The third-order valence-electron chi connectivity index (χ3n) is 5.74. The summed E-state index contributed by atoms with van der Waals surface area (Å²) < 4.78 is 1.71. The lowest BCUT2D eigenvalue weighted by Gasteiger charge is -2.27. The number of rotatable bonds is 3. The summed E-state index contributed by atoms with van der Waals surface area (Å²) in [6.45, 7) is 3.02. The number of carbonyl (C=O) groups is 1. The van der Waals surface area contributed by atoms with Crippen molar-refractivity contribution in [3.63, 3.8) is 0 Å². The van der Waals surface area contributed by atoms with Gasteiger partial charge in [-0.1, -0.05) is 18.2 Å². The number of hydrogen-bond donors (Lipinski definition) is 1. The van der Waals surface area contributed by atoms with Crippen molar-refractivity contribution >= 4 is 11.7 Å². The van der Waals surface area contributed by atoms with Crippen molar-refractivity contribution in [3.8, 4) is 5.82 Å². The summed E-state index contributed by atoms with van der Waals surface area (Å²) >= 11 is 0. The molecule has 0 radical (unpaired) electrons. The fraction of sp³-hybridized carbons (Fsp3) is 0.318. The first kappa shape index (κ1) is 17.7. The van der Waals surface area contributed by atoms with Gasteiger partial charge in [0.1, 0.15) is 0 Å². The van der Waals surface area contributed by atoms with E-state index in [1.165, 1.54) is 11.3 Å². The van der Waals surface area contributed by atoms with Crippen LogP contribution in [0.2, 0.25) is 0 Å². The third-order valence-corrected chi connectivity index (χ3v) is 5.74. The average Bonchev–Trinajstić information content (AvgIpc) is 3.35. The van der Waals surface area contributed by atoms with Crippen molar-refractivity contribution in [1.82, 2.24) is 25.0 Å². The van der Waals surface area contributed by atoms with Crippen LogP contribution in [-0.2, 0) is 13.0 Å². The number of urea groups is 1. The molecule has 0 aliphatic carbocycles. The molecule has 0 bridgehead atoms. The van der Waals surface area contributed by atoms with E-state index >= 15 is 0 Å². The Morgan fingerprint density at radius 3 is 2.97 bits per heavy atom. The first-order valence-corrected chi connectivity index (χ1v) is 10.1. The second-order valence-electron chi connectivity index (χ2n) is 7.61. The van der Waals surface area contributed by atoms with Crippen LogP contribution in [0.1, 0.15) is 17.5 Å². The molecule has 5 rings (SSSR count). The molecule has 3 aromatic rings. The highest BCUT2D eigenvalue weighted by atomic mass is 16.2. The molecule has 7 heteroatoms. The largest absolute Gasteiger partial charge is 0.366 e. The van der Waals surface area contributed by atoms with Crippen LogP contribution in [0.25, 0.3) is 5.82 Å². The molecule has 1 aromatic carbocycles. The number of hydrogen-bond acceptors (Lipinski definition) is 4. The van der Waals surface area contributed by atoms with Gasteiger partial charge in [0.15, 0.2) is 5.82 Å². The highest BCUT2D eigenvalue weighted by Crippen LogP contribution is 2.33. The quantitative estimate of drug-likeness (QED) is 0.749. The first-order valence-electron chi connectivity index (χ1n) is 10.1. The molecule has 2 aliphatic rings. The highest BCUT2D eigenvalue weighted by Gasteiger charge is 2.33. The predicted molar refractivity (Wildman–Crippen MR) is 111 cm³/mol. The Balaban J connectivity index is 1.22. The monoisotopic (exact) mass is 388 g/mol. The normalized spacial score (nSPS) is 18.1. The van der Waals surface area contributed by atoms with Crippen molar-refractivity contribution in [2.45, 2.75) is 25.4 Å². The van der Waals surface area contributed by atoms with E-state index in [2.05, 4.69) is 44.6 Å². The lowest BCUT2D eigenvalue weighted by atomic mass is 10.1. The van der Waals surface area contributed by atoms with Gasteiger partial charge in [-0.3, -0.25) is 0 Å². The topological polar surface area (TPSA) is 66.3 Å². The number of para-hydroxylation sites is 1. The van der Waals surface area contributed by atoms with E-state index in [1.807, 2.05) is 29.3 Å². The maximum absolute atomic E-state index is 12.9. The van der Waals surface area contributed by atoms with E-state index in [9.17, 15) is 4.79 Å². The van der Waals surface area contributed by atoms with Gasteiger partial charge in [0.25, 0.3) is 0 Å². The Bertz CT molecular complexity index is 1000. The van der Waals surface area contributed by atoms with Crippen LogP contribution in [0, 0.1) is 0 Å². The number of aromatic nitrogens is 3. The van der Waals surface area contributed by atoms with E-state index in [4.69, 9.17) is 0 Å². The second-order valence-corrected chi connectivity index (χ2v) is 7.61. The predicted octanol–water partition coefficient (Wildman–Crippen LogP) is 2.61. The summed E-state index contributed by atoms with van der Waals surface area (Å²) in [5.41, 5.74) is 3.73.